The van der Waals surface area contributed by atoms with Gasteiger partial charge in [-0.25, -0.2) is 0 Å². The molecule has 2 aromatic rings. The second-order valence-electron chi connectivity index (χ2n) is 6.71. The van der Waals surface area contributed by atoms with Crippen LogP contribution in [0.4, 0.5) is 17.6 Å². The van der Waals surface area contributed by atoms with Gasteiger partial charge in [0.05, 0.1) is 13.1 Å². The SMILES string of the molecule is C[C@@H]1C[C@H](C)C[NH+](Cc2nc(N)nc(Nc3ccccc3)n2)C1. The molecule has 1 aliphatic rings. The first-order valence-electron chi connectivity index (χ1n) is 8.24. The summed E-state index contributed by atoms with van der Waals surface area (Å²) in [5.74, 6) is 3.03. The number of quaternary nitrogens is 1. The number of nitrogens with zero attached hydrogens (tertiary/aromatic N) is 3. The highest BCUT2D eigenvalue weighted by Gasteiger charge is 2.26. The van der Waals surface area contributed by atoms with E-state index in [1.165, 1.54) is 11.3 Å². The monoisotopic (exact) mass is 313 g/mol. The van der Waals surface area contributed by atoms with Gasteiger partial charge < -0.3 is 16.0 Å². The third-order valence-corrected chi connectivity index (χ3v) is 4.22. The molecule has 1 unspecified atom stereocenters. The Kier molecular flexibility index (Phi) is 4.71. The smallest absolute Gasteiger partial charge is 0.232 e. The maximum absolute atomic E-state index is 5.86. The molecule has 0 amide bonds. The molecule has 23 heavy (non-hydrogen) atoms. The minimum absolute atomic E-state index is 0.269. The first kappa shape index (κ1) is 15.7. The van der Waals surface area contributed by atoms with Gasteiger partial charge >= 0.3 is 0 Å². The number of nitrogen functional groups attached to an aromatic ring is 1. The van der Waals surface area contributed by atoms with Crippen LogP contribution in [0.25, 0.3) is 0 Å². The lowest BCUT2D eigenvalue weighted by molar-refractivity contribution is -0.926. The van der Waals surface area contributed by atoms with Crippen molar-refractivity contribution in [3.8, 4) is 0 Å². The number of rotatable bonds is 4. The maximum Gasteiger partial charge on any atom is 0.232 e. The van der Waals surface area contributed by atoms with Crippen molar-refractivity contribution in [3.05, 3.63) is 36.2 Å². The zero-order chi connectivity index (χ0) is 16.2. The standard InChI is InChI=1S/C17H24N6/c1-12-8-13(2)10-23(9-12)11-15-20-16(18)22-17(21-15)19-14-6-4-3-5-7-14/h3-7,12-13H,8-11H2,1-2H3,(H3,18,19,20,21,22)/p+1/t12-,13+. The Morgan fingerprint density at radius 2 is 1.78 bits per heavy atom. The molecule has 1 aliphatic heterocycles. The maximum atomic E-state index is 5.86. The molecule has 1 saturated heterocycles. The van der Waals surface area contributed by atoms with E-state index in [-0.39, 0.29) is 5.95 Å². The summed E-state index contributed by atoms with van der Waals surface area (Å²) in [6, 6.07) is 9.85. The predicted octanol–water partition coefficient (Wildman–Crippen LogP) is 1.26. The quantitative estimate of drug-likeness (QED) is 0.792. The van der Waals surface area contributed by atoms with Crippen LogP contribution in [0.5, 0.6) is 0 Å². The lowest BCUT2D eigenvalue weighted by Gasteiger charge is -2.31. The van der Waals surface area contributed by atoms with Crippen LogP contribution in [0.2, 0.25) is 0 Å². The third kappa shape index (κ3) is 4.39. The molecule has 3 rings (SSSR count). The van der Waals surface area contributed by atoms with E-state index >= 15 is 0 Å². The number of hydrogen-bond acceptors (Lipinski definition) is 5. The number of nitrogens with one attached hydrogen (secondary N) is 2. The van der Waals surface area contributed by atoms with E-state index in [1.807, 2.05) is 30.3 Å². The van der Waals surface area contributed by atoms with Gasteiger partial charge in [0.2, 0.25) is 11.9 Å². The minimum atomic E-state index is 0.269. The van der Waals surface area contributed by atoms with Crippen molar-refractivity contribution < 1.29 is 4.90 Å². The molecule has 2 heterocycles. The number of nitrogens with two attached hydrogens (primary N) is 1. The van der Waals surface area contributed by atoms with E-state index in [0.717, 1.165) is 43.0 Å². The Labute approximate surface area is 137 Å². The lowest BCUT2D eigenvalue weighted by atomic mass is 9.92. The molecule has 1 fully saturated rings. The van der Waals surface area contributed by atoms with Crippen molar-refractivity contribution in [1.29, 1.82) is 0 Å². The first-order valence-corrected chi connectivity index (χ1v) is 8.24. The molecular formula is C17H25N6+. The van der Waals surface area contributed by atoms with Gasteiger partial charge in [0, 0.05) is 17.5 Å². The largest absolute Gasteiger partial charge is 0.368 e. The second-order valence-corrected chi connectivity index (χ2v) is 6.71. The number of anilines is 3. The molecular weight excluding hydrogens is 288 g/mol. The number of para-hydroxylation sites is 1. The van der Waals surface area contributed by atoms with Crippen molar-refractivity contribution in [2.24, 2.45) is 11.8 Å². The van der Waals surface area contributed by atoms with Crippen LogP contribution >= 0.6 is 0 Å². The van der Waals surface area contributed by atoms with Gasteiger partial charge in [-0.1, -0.05) is 32.0 Å². The summed E-state index contributed by atoms with van der Waals surface area (Å²) >= 11 is 0. The van der Waals surface area contributed by atoms with Gasteiger partial charge in [0.15, 0.2) is 5.82 Å². The van der Waals surface area contributed by atoms with Gasteiger partial charge in [0.25, 0.3) is 0 Å². The van der Waals surface area contributed by atoms with E-state index < -0.39 is 0 Å². The lowest BCUT2D eigenvalue weighted by Crippen LogP contribution is -3.13. The molecule has 3 atom stereocenters. The Hall–Kier alpha value is -2.21. The highest BCUT2D eigenvalue weighted by Crippen LogP contribution is 2.14. The van der Waals surface area contributed by atoms with Crippen LogP contribution in [0.3, 0.4) is 0 Å². The van der Waals surface area contributed by atoms with E-state index in [0.29, 0.717) is 5.95 Å². The molecule has 0 radical (unpaired) electrons. The summed E-state index contributed by atoms with van der Waals surface area (Å²) in [4.78, 5) is 14.6. The average Bonchev–Trinajstić information content (AvgIpc) is 2.46. The van der Waals surface area contributed by atoms with Crippen molar-refractivity contribution in [1.82, 2.24) is 15.0 Å². The minimum Gasteiger partial charge on any atom is -0.368 e. The molecule has 6 heteroatoms. The number of benzene rings is 1. The molecule has 0 bridgehead atoms. The molecule has 1 aromatic carbocycles. The van der Waals surface area contributed by atoms with Gasteiger partial charge in [-0.3, -0.25) is 0 Å². The summed E-state index contributed by atoms with van der Waals surface area (Å²) in [5, 5.41) is 3.19. The summed E-state index contributed by atoms with van der Waals surface area (Å²) in [7, 11) is 0. The fraction of sp³-hybridized carbons (Fsp3) is 0.471. The number of likely N-dealkylation sites (tertiary alicyclic amines) is 1. The Morgan fingerprint density at radius 3 is 2.48 bits per heavy atom. The molecule has 0 aliphatic carbocycles. The zero-order valence-electron chi connectivity index (χ0n) is 13.8. The molecule has 1 aromatic heterocycles. The summed E-state index contributed by atoms with van der Waals surface area (Å²) in [6.45, 7) is 7.76. The highest BCUT2D eigenvalue weighted by molar-refractivity contribution is 5.53. The number of aromatic nitrogens is 3. The third-order valence-electron chi connectivity index (χ3n) is 4.22. The van der Waals surface area contributed by atoms with Crippen LogP contribution in [0, 0.1) is 11.8 Å². The van der Waals surface area contributed by atoms with E-state index in [4.69, 9.17) is 5.73 Å². The molecule has 0 spiro atoms. The zero-order valence-corrected chi connectivity index (χ0v) is 13.8. The van der Waals surface area contributed by atoms with Crippen LogP contribution in [-0.4, -0.2) is 28.0 Å². The van der Waals surface area contributed by atoms with E-state index in [9.17, 15) is 0 Å². The van der Waals surface area contributed by atoms with Gasteiger partial charge in [-0.05, 0) is 18.6 Å². The topological polar surface area (TPSA) is 81.2 Å². The molecule has 6 nitrogen and oxygen atoms in total. The highest BCUT2D eigenvalue weighted by atomic mass is 15.2. The van der Waals surface area contributed by atoms with Crippen LogP contribution in [0.1, 0.15) is 26.1 Å². The fourth-order valence-electron chi connectivity index (χ4n) is 3.51. The van der Waals surface area contributed by atoms with Crippen molar-refractivity contribution >= 4 is 17.6 Å². The Bertz CT molecular complexity index is 635. The van der Waals surface area contributed by atoms with Gasteiger partial charge in [-0.2, -0.15) is 15.0 Å². The molecule has 122 valence electrons. The summed E-state index contributed by atoms with van der Waals surface area (Å²) < 4.78 is 0. The van der Waals surface area contributed by atoms with Gasteiger partial charge in [-0.15, -0.1) is 0 Å². The Balaban J connectivity index is 1.72. The Morgan fingerprint density at radius 1 is 1.09 bits per heavy atom. The average molecular weight is 313 g/mol. The van der Waals surface area contributed by atoms with Crippen LogP contribution in [0.15, 0.2) is 30.3 Å². The van der Waals surface area contributed by atoms with Gasteiger partial charge in [0.1, 0.15) is 6.54 Å². The first-order chi connectivity index (χ1) is 11.1. The van der Waals surface area contributed by atoms with Crippen molar-refractivity contribution in [2.75, 3.05) is 24.1 Å². The van der Waals surface area contributed by atoms with Crippen molar-refractivity contribution in [3.63, 3.8) is 0 Å². The number of piperidine rings is 1. The normalized spacial score (nSPS) is 24.3. The fourth-order valence-corrected chi connectivity index (χ4v) is 3.51. The summed E-state index contributed by atoms with van der Waals surface area (Å²) in [5.41, 5.74) is 6.80. The van der Waals surface area contributed by atoms with Crippen molar-refractivity contribution in [2.45, 2.75) is 26.8 Å². The van der Waals surface area contributed by atoms with Crippen LogP contribution < -0.4 is 16.0 Å². The van der Waals surface area contributed by atoms with E-state index in [2.05, 4.69) is 34.1 Å². The molecule has 0 saturated carbocycles. The van der Waals surface area contributed by atoms with Crippen LogP contribution in [-0.2, 0) is 6.54 Å². The van der Waals surface area contributed by atoms with E-state index in [1.54, 1.807) is 0 Å². The second kappa shape index (κ2) is 6.91. The summed E-state index contributed by atoms with van der Waals surface area (Å²) in [6.07, 6.45) is 1.31. The predicted molar refractivity (Wildman–Crippen MR) is 91.3 cm³/mol. The molecule has 4 N–H and O–H groups in total. The number of hydrogen-bond donors (Lipinski definition) is 3.